The maximum atomic E-state index is 12.5. The zero-order chi connectivity index (χ0) is 11.3. The molecule has 0 aliphatic carbocycles. The van der Waals surface area contributed by atoms with Crippen LogP contribution in [0, 0.1) is 5.82 Å². The SMILES string of the molecule is CCN(CCC(=O)O)c1ncc(F)cn1. The number of hydrogen-bond acceptors (Lipinski definition) is 4. The van der Waals surface area contributed by atoms with Crippen LogP contribution in [0.5, 0.6) is 0 Å². The van der Waals surface area contributed by atoms with Crippen molar-refractivity contribution < 1.29 is 14.3 Å². The van der Waals surface area contributed by atoms with E-state index in [4.69, 9.17) is 5.11 Å². The van der Waals surface area contributed by atoms with Gasteiger partial charge in [0.25, 0.3) is 0 Å². The average molecular weight is 213 g/mol. The third-order valence-corrected chi connectivity index (χ3v) is 1.87. The van der Waals surface area contributed by atoms with Crippen molar-refractivity contribution in [1.29, 1.82) is 0 Å². The molecule has 1 aromatic heterocycles. The van der Waals surface area contributed by atoms with Gasteiger partial charge in [0.05, 0.1) is 18.8 Å². The second-order valence-corrected chi connectivity index (χ2v) is 2.92. The van der Waals surface area contributed by atoms with E-state index < -0.39 is 11.8 Å². The summed E-state index contributed by atoms with van der Waals surface area (Å²) in [7, 11) is 0. The van der Waals surface area contributed by atoms with Gasteiger partial charge >= 0.3 is 5.97 Å². The van der Waals surface area contributed by atoms with Gasteiger partial charge in [-0.15, -0.1) is 0 Å². The molecule has 0 radical (unpaired) electrons. The van der Waals surface area contributed by atoms with Crippen LogP contribution in [0.4, 0.5) is 10.3 Å². The first-order valence-electron chi connectivity index (χ1n) is 4.57. The highest BCUT2D eigenvalue weighted by atomic mass is 19.1. The Morgan fingerprint density at radius 2 is 2.13 bits per heavy atom. The fourth-order valence-corrected chi connectivity index (χ4v) is 1.10. The number of aliphatic carboxylic acids is 1. The van der Waals surface area contributed by atoms with Crippen molar-refractivity contribution in [3.63, 3.8) is 0 Å². The molecule has 0 bridgehead atoms. The summed E-state index contributed by atoms with van der Waals surface area (Å²) in [5.74, 6) is -1.04. The molecule has 0 atom stereocenters. The van der Waals surface area contributed by atoms with Gasteiger partial charge < -0.3 is 10.0 Å². The van der Waals surface area contributed by atoms with Crippen LogP contribution in [0.1, 0.15) is 13.3 Å². The van der Waals surface area contributed by atoms with Crippen molar-refractivity contribution >= 4 is 11.9 Å². The molecule has 1 aromatic rings. The van der Waals surface area contributed by atoms with Crippen LogP contribution in [0.2, 0.25) is 0 Å². The van der Waals surface area contributed by atoms with Gasteiger partial charge in [0.15, 0.2) is 5.82 Å². The van der Waals surface area contributed by atoms with E-state index in [9.17, 15) is 9.18 Å². The van der Waals surface area contributed by atoms with Crippen LogP contribution in [0.25, 0.3) is 0 Å². The number of carboxylic acids is 1. The maximum absolute atomic E-state index is 12.5. The summed E-state index contributed by atoms with van der Waals surface area (Å²) < 4.78 is 12.5. The number of rotatable bonds is 5. The van der Waals surface area contributed by atoms with Crippen LogP contribution in [0.3, 0.4) is 0 Å². The molecule has 0 aromatic carbocycles. The highest BCUT2D eigenvalue weighted by Crippen LogP contribution is 2.06. The van der Waals surface area contributed by atoms with Gasteiger partial charge in [-0.25, -0.2) is 14.4 Å². The Morgan fingerprint density at radius 3 is 2.60 bits per heavy atom. The predicted octanol–water partition coefficient (Wildman–Crippen LogP) is 0.917. The Hall–Kier alpha value is -1.72. The monoisotopic (exact) mass is 213 g/mol. The van der Waals surface area contributed by atoms with Gasteiger partial charge in [-0.05, 0) is 6.92 Å². The van der Waals surface area contributed by atoms with Gasteiger partial charge in [-0.2, -0.15) is 0 Å². The Kier molecular flexibility index (Phi) is 3.96. The molecular formula is C9H12FN3O2. The van der Waals surface area contributed by atoms with E-state index in [0.29, 0.717) is 19.0 Å². The van der Waals surface area contributed by atoms with E-state index in [-0.39, 0.29) is 6.42 Å². The Bertz CT molecular complexity index is 329. The molecule has 1 N–H and O–H groups in total. The second-order valence-electron chi connectivity index (χ2n) is 2.92. The summed E-state index contributed by atoms with van der Waals surface area (Å²) in [6.07, 6.45) is 2.13. The number of hydrogen-bond donors (Lipinski definition) is 1. The molecule has 0 fully saturated rings. The summed E-state index contributed by atoms with van der Waals surface area (Å²) in [6, 6.07) is 0. The third kappa shape index (κ3) is 3.49. The van der Waals surface area contributed by atoms with E-state index in [1.54, 1.807) is 4.90 Å². The first kappa shape index (κ1) is 11.4. The molecule has 82 valence electrons. The maximum Gasteiger partial charge on any atom is 0.305 e. The molecule has 0 aliphatic heterocycles. The minimum absolute atomic E-state index is 0.00851. The fourth-order valence-electron chi connectivity index (χ4n) is 1.10. The summed E-state index contributed by atoms with van der Waals surface area (Å²) in [5.41, 5.74) is 0. The van der Waals surface area contributed by atoms with Crippen molar-refractivity contribution in [2.75, 3.05) is 18.0 Å². The van der Waals surface area contributed by atoms with Gasteiger partial charge in [0.2, 0.25) is 5.95 Å². The molecule has 0 spiro atoms. The number of anilines is 1. The fraction of sp³-hybridized carbons (Fsp3) is 0.444. The number of halogens is 1. The molecule has 0 saturated carbocycles. The highest BCUT2D eigenvalue weighted by Gasteiger charge is 2.09. The lowest BCUT2D eigenvalue weighted by Gasteiger charge is -2.19. The molecular weight excluding hydrogens is 201 g/mol. The lowest BCUT2D eigenvalue weighted by atomic mass is 10.4. The number of nitrogens with zero attached hydrogens (tertiary/aromatic N) is 3. The Balaban J connectivity index is 2.65. The van der Waals surface area contributed by atoms with Crippen LogP contribution in [-0.2, 0) is 4.79 Å². The highest BCUT2D eigenvalue weighted by molar-refractivity contribution is 5.67. The van der Waals surface area contributed by atoms with E-state index in [1.807, 2.05) is 6.92 Å². The van der Waals surface area contributed by atoms with Gasteiger partial charge in [-0.3, -0.25) is 4.79 Å². The van der Waals surface area contributed by atoms with Gasteiger partial charge in [0.1, 0.15) is 0 Å². The standard InChI is InChI=1S/C9H12FN3O2/c1-2-13(4-3-8(14)15)9-11-5-7(10)6-12-9/h5-6H,2-4H2,1H3,(H,14,15). The van der Waals surface area contributed by atoms with Crippen LogP contribution < -0.4 is 4.90 Å². The number of carboxylic acid groups (broad SMARTS) is 1. The first-order chi connectivity index (χ1) is 7.13. The average Bonchev–Trinajstić information content (AvgIpc) is 2.21. The molecule has 5 nitrogen and oxygen atoms in total. The third-order valence-electron chi connectivity index (χ3n) is 1.87. The first-order valence-corrected chi connectivity index (χ1v) is 4.57. The van der Waals surface area contributed by atoms with E-state index in [2.05, 4.69) is 9.97 Å². The summed E-state index contributed by atoms with van der Waals surface area (Å²) in [5, 5.41) is 8.52. The van der Waals surface area contributed by atoms with Crippen LogP contribution in [-0.4, -0.2) is 34.1 Å². The van der Waals surface area contributed by atoms with Crippen molar-refractivity contribution in [3.05, 3.63) is 18.2 Å². The zero-order valence-corrected chi connectivity index (χ0v) is 8.35. The smallest absolute Gasteiger partial charge is 0.305 e. The molecule has 6 heteroatoms. The van der Waals surface area contributed by atoms with E-state index >= 15 is 0 Å². The van der Waals surface area contributed by atoms with Crippen LogP contribution >= 0.6 is 0 Å². The molecule has 0 saturated heterocycles. The number of carbonyl (C=O) groups is 1. The largest absolute Gasteiger partial charge is 0.481 e. The van der Waals surface area contributed by atoms with Gasteiger partial charge in [0, 0.05) is 13.1 Å². The minimum Gasteiger partial charge on any atom is -0.481 e. The van der Waals surface area contributed by atoms with Crippen LogP contribution in [0.15, 0.2) is 12.4 Å². The quantitative estimate of drug-likeness (QED) is 0.787. The number of aromatic nitrogens is 2. The van der Waals surface area contributed by atoms with E-state index in [0.717, 1.165) is 12.4 Å². The lowest BCUT2D eigenvalue weighted by Crippen LogP contribution is -2.27. The summed E-state index contributed by atoms with van der Waals surface area (Å²) in [4.78, 5) is 19.6. The Morgan fingerprint density at radius 1 is 1.53 bits per heavy atom. The van der Waals surface area contributed by atoms with Crippen molar-refractivity contribution in [3.8, 4) is 0 Å². The topological polar surface area (TPSA) is 66.3 Å². The molecule has 0 aliphatic rings. The molecule has 0 unspecified atom stereocenters. The van der Waals surface area contributed by atoms with Crippen molar-refractivity contribution in [2.45, 2.75) is 13.3 Å². The second kappa shape index (κ2) is 5.23. The molecule has 1 heterocycles. The molecule has 1 rings (SSSR count). The van der Waals surface area contributed by atoms with Gasteiger partial charge in [-0.1, -0.05) is 0 Å². The Labute approximate surface area is 86.6 Å². The molecule has 15 heavy (non-hydrogen) atoms. The van der Waals surface area contributed by atoms with E-state index in [1.165, 1.54) is 0 Å². The normalized spacial score (nSPS) is 10.0. The predicted molar refractivity (Wildman–Crippen MR) is 52.1 cm³/mol. The molecule has 0 amide bonds. The minimum atomic E-state index is -0.879. The lowest BCUT2D eigenvalue weighted by molar-refractivity contribution is -0.136. The summed E-state index contributed by atoms with van der Waals surface area (Å²) >= 11 is 0. The van der Waals surface area contributed by atoms with Crippen molar-refractivity contribution in [1.82, 2.24) is 9.97 Å². The summed E-state index contributed by atoms with van der Waals surface area (Å²) in [6.45, 7) is 2.75. The van der Waals surface area contributed by atoms with Crippen molar-refractivity contribution in [2.24, 2.45) is 0 Å². The zero-order valence-electron chi connectivity index (χ0n) is 8.35.